The molecule has 0 heterocycles. The van der Waals surface area contributed by atoms with Gasteiger partial charge in [-0.2, -0.15) is 0 Å². The summed E-state index contributed by atoms with van der Waals surface area (Å²) in [4.78, 5) is 23.7. The molecule has 0 unspecified atom stereocenters. The monoisotopic (exact) mass is 385 g/mol. The molecule has 0 aliphatic heterocycles. The van der Waals surface area contributed by atoms with Crippen molar-refractivity contribution in [3.8, 4) is 11.5 Å². The normalized spacial score (nSPS) is 10.1. The van der Waals surface area contributed by atoms with Crippen molar-refractivity contribution in [2.24, 2.45) is 0 Å². The van der Waals surface area contributed by atoms with Crippen molar-refractivity contribution in [2.45, 2.75) is 26.1 Å². The number of rotatable bonds is 10. The number of methoxy groups -OCH3 is 2. The van der Waals surface area contributed by atoms with Gasteiger partial charge in [-0.15, -0.1) is 0 Å². The van der Waals surface area contributed by atoms with Crippen molar-refractivity contribution in [3.63, 3.8) is 0 Å². The van der Waals surface area contributed by atoms with Crippen LogP contribution in [0.25, 0.3) is 0 Å². The smallest absolute Gasteiger partial charge is 0.352 e. The van der Waals surface area contributed by atoms with Gasteiger partial charge in [0.1, 0.15) is 30.4 Å². The predicted molar refractivity (Wildman–Crippen MR) is 103 cm³/mol. The first kappa shape index (κ1) is 21.0. The molecule has 0 aliphatic carbocycles. The summed E-state index contributed by atoms with van der Waals surface area (Å²) >= 11 is 0. The molecule has 0 amide bonds. The van der Waals surface area contributed by atoms with E-state index in [0.29, 0.717) is 5.75 Å². The van der Waals surface area contributed by atoms with Crippen LogP contribution in [0, 0.1) is 5.41 Å². The number of nitrogens with one attached hydrogen (secondary N) is 1. The Kier molecular flexibility index (Phi) is 8.02. The maximum absolute atomic E-state index is 11.9. The Morgan fingerprint density at radius 1 is 0.750 bits per heavy atom. The molecule has 0 fully saturated rings. The van der Waals surface area contributed by atoms with Gasteiger partial charge in [0.25, 0.3) is 0 Å². The van der Waals surface area contributed by atoms with Crippen molar-refractivity contribution in [1.29, 1.82) is 5.41 Å². The second-order valence-corrected chi connectivity index (χ2v) is 5.91. The third-order valence-corrected chi connectivity index (χ3v) is 3.91. The van der Waals surface area contributed by atoms with Crippen LogP contribution in [0.2, 0.25) is 0 Å². The van der Waals surface area contributed by atoms with E-state index in [-0.39, 0.29) is 31.8 Å². The maximum Gasteiger partial charge on any atom is 0.352 e. The Balaban J connectivity index is 1.67. The molecule has 0 aromatic heterocycles. The van der Waals surface area contributed by atoms with Crippen molar-refractivity contribution in [2.75, 3.05) is 14.2 Å². The summed E-state index contributed by atoms with van der Waals surface area (Å²) in [5.41, 5.74) is 1.33. The molecule has 7 nitrogen and oxygen atoms in total. The maximum atomic E-state index is 11.9. The van der Waals surface area contributed by atoms with E-state index >= 15 is 0 Å². The zero-order valence-electron chi connectivity index (χ0n) is 15.9. The number of hydrogen-bond donors (Lipinski definition) is 1. The second kappa shape index (κ2) is 10.7. The van der Waals surface area contributed by atoms with Gasteiger partial charge in [-0.3, -0.25) is 10.2 Å². The molecule has 0 saturated heterocycles. The van der Waals surface area contributed by atoms with Crippen LogP contribution >= 0.6 is 0 Å². The lowest BCUT2D eigenvalue weighted by molar-refractivity contribution is -0.144. The third-order valence-electron chi connectivity index (χ3n) is 3.91. The minimum atomic E-state index is -0.751. The molecule has 2 aromatic carbocycles. The van der Waals surface area contributed by atoms with Gasteiger partial charge in [0, 0.05) is 6.42 Å². The second-order valence-electron chi connectivity index (χ2n) is 5.91. The number of benzene rings is 2. The first-order valence-corrected chi connectivity index (χ1v) is 8.68. The Hall–Kier alpha value is -3.35. The Bertz CT molecular complexity index is 799. The lowest BCUT2D eigenvalue weighted by Crippen LogP contribution is -2.18. The third kappa shape index (κ3) is 6.75. The van der Waals surface area contributed by atoms with E-state index in [1.165, 1.54) is 0 Å². The summed E-state index contributed by atoms with van der Waals surface area (Å²) in [6.07, 6.45) is -0.102. The summed E-state index contributed by atoms with van der Waals surface area (Å²) in [6, 6.07) is 14.2. The predicted octanol–water partition coefficient (Wildman–Crippen LogP) is 3.29. The highest BCUT2D eigenvalue weighted by Crippen LogP contribution is 2.13. The molecule has 0 atom stereocenters. The zero-order valence-corrected chi connectivity index (χ0v) is 15.9. The Labute approximate surface area is 163 Å². The van der Waals surface area contributed by atoms with Gasteiger partial charge in [-0.25, -0.2) is 4.79 Å². The Morgan fingerprint density at radius 3 is 1.68 bits per heavy atom. The van der Waals surface area contributed by atoms with Gasteiger partial charge >= 0.3 is 11.9 Å². The molecular weight excluding hydrogens is 362 g/mol. The van der Waals surface area contributed by atoms with Gasteiger partial charge < -0.3 is 18.9 Å². The van der Waals surface area contributed by atoms with Gasteiger partial charge in [-0.1, -0.05) is 24.3 Å². The molecule has 0 saturated carbocycles. The zero-order chi connectivity index (χ0) is 20.4. The highest BCUT2D eigenvalue weighted by molar-refractivity contribution is 6.35. The fourth-order valence-corrected chi connectivity index (χ4v) is 2.24. The van der Waals surface area contributed by atoms with Crippen LogP contribution in [0.5, 0.6) is 11.5 Å². The minimum absolute atomic E-state index is 0.0388. The quantitative estimate of drug-likeness (QED) is 0.498. The van der Waals surface area contributed by atoms with E-state index in [1.54, 1.807) is 62.8 Å². The van der Waals surface area contributed by atoms with Crippen molar-refractivity contribution in [3.05, 3.63) is 59.7 Å². The van der Waals surface area contributed by atoms with Crippen molar-refractivity contribution >= 4 is 17.7 Å². The summed E-state index contributed by atoms with van der Waals surface area (Å²) in [7, 11) is 3.14. The van der Waals surface area contributed by atoms with Crippen LogP contribution in [0.1, 0.15) is 24.0 Å². The number of carbonyl (C=O) groups is 2. The average molecular weight is 385 g/mol. The standard InChI is InChI=1S/C21H23NO6/c1-25-17-7-3-15(4-8-17)13-27-20(23)12-11-19(22)21(24)28-14-16-5-9-18(26-2)10-6-16/h3-10,22H,11-14H2,1-2H3. The first-order chi connectivity index (χ1) is 13.5. The van der Waals surface area contributed by atoms with Gasteiger partial charge in [0.15, 0.2) is 0 Å². The number of hydrogen-bond acceptors (Lipinski definition) is 7. The van der Waals surface area contributed by atoms with Crippen molar-refractivity contribution in [1.82, 2.24) is 0 Å². The summed E-state index contributed by atoms with van der Waals surface area (Å²) < 4.78 is 20.3. The summed E-state index contributed by atoms with van der Waals surface area (Å²) in [5, 5.41) is 7.74. The molecular formula is C21H23NO6. The Morgan fingerprint density at radius 2 is 1.21 bits per heavy atom. The molecule has 7 heteroatoms. The van der Waals surface area contributed by atoms with Crippen LogP contribution in [0.15, 0.2) is 48.5 Å². The molecule has 0 bridgehead atoms. The topological polar surface area (TPSA) is 94.9 Å². The molecule has 148 valence electrons. The molecule has 0 aliphatic rings. The van der Waals surface area contributed by atoms with Crippen LogP contribution in [-0.4, -0.2) is 31.9 Å². The van der Waals surface area contributed by atoms with Crippen molar-refractivity contribution < 1.29 is 28.5 Å². The number of carbonyl (C=O) groups excluding carboxylic acids is 2. The van der Waals surface area contributed by atoms with Gasteiger partial charge in [0.2, 0.25) is 0 Å². The van der Waals surface area contributed by atoms with E-state index in [0.717, 1.165) is 16.9 Å². The highest BCUT2D eigenvalue weighted by Gasteiger charge is 2.14. The van der Waals surface area contributed by atoms with E-state index in [2.05, 4.69) is 0 Å². The van der Waals surface area contributed by atoms with E-state index in [4.69, 9.17) is 24.4 Å². The van der Waals surface area contributed by atoms with E-state index in [9.17, 15) is 9.59 Å². The summed E-state index contributed by atoms with van der Waals surface area (Å²) in [6.45, 7) is 0.172. The largest absolute Gasteiger partial charge is 0.497 e. The average Bonchev–Trinajstić information content (AvgIpc) is 2.74. The SMILES string of the molecule is COc1ccc(COC(=O)CCC(=N)C(=O)OCc2ccc(OC)cc2)cc1. The van der Waals surface area contributed by atoms with Crippen LogP contribution < -0.4 is 9.47 Å². The number of esters is 2. The molecule has 0 spiro atoms. The van der Waals surface area contributed by atoms with Gasteiger partial charge in [-0.05, 0) is 35.4 Å². The van der Waals surface area contributed by atoms with Gasteiger partial charge in [0.05, 0.1) is 20.6 Å². The lowest BCUT2D eigenvalue weighted by Gasteiger charge is -2.08. The van der Waals surface area contributed by atoms with E-state index < -0.39 is 11.9 Å². The minimum Gasteiger partial charge on any atom is -0.497 e. The highest BCUT2D eigenvalue weighted by atomic mass is 16.5. The molecule has 28 heavy (non-hydrogen) atoms. The summed E-state index contributed by atoms with van der Waals surface area (Å²) in [5.74, 6) is 0.190. The molecule has 0 radical (unpaired) electrons. The fourth-order valence-electron chi connectivity index (χ4n) is 2.24. The first-order valence-electron chi connectivity index (χ1n) is 8.68. The lowest BCUT2D eigenvalue weighted by atomic mass is 10.2. The molecule has 2 rings (SSSR count). The van der Waals surface area contributed by atoms with Crippen LogP contribution in [0.4, 0.5) is 0 Å². The van der Waals surface area contributed by atoms with Crippen LogP contribution in [-0.2, 0) is 32.3 Å². The van der Waals surface area contributed by atoms with Crippen LogP contribution in [0.3, 0.4) is 0 Å². The number of ether oxygens (including phenoxy) is 4. The fraction of sp³-hybridized carbons (Fsp3) is 0.286. The molecule has 2 aromatic rings. The van der Waals surface area contributed by atoms with E-state index in [1.807, 2.05) is 0 Å². The molecule has 1 N–H and O–H groups in total.